The Bertz CT molecular complexity index is 924. The smallest absolute Gasteiger partial charge is 0.253 e. The minimum Gasteiger partial charge on any atom is -0.391 e. The van der Waals surface area contributed by atoms with Gasteiger partial charge in [0.1, 0.15) is 0 Å². The zero-order chi connectivity index (χ0) is 23.8. The third kappa shape index (κ3) is 7.26. The highest BCUT2D eigenvalue weighted by molar-refractivity contribution is 5.97. The van der Waals surface area contributed by atoms with Gasteiger partial charge in [0.15, 0.2) is 0 Å². The van der Waals surface area contributed by atoms with E-state index in [0.717, 1.165) is 30.2 Å². The lowest BCUT2D eigenvalue weighted by atomic mass is 9.81. The van der Waals surface area contributed by atoms with Gasteiger partial charge in [-0.3, -0.25) is 14.6 Å². The maximum Gasteiger partial charge on any atom is 0.253 e. The maximum absolute atomic E-state index is 13.2. The van der Waals surface area contributed by atoms with Crippen LogP contribution in [0.25, 0.3) is 10.9 Å². The number of fused-ring (bicyclic) bond motifs is 1. The first-order chi connectivity index (χ1) is 15.9. The van der Waals surface area contributed by atoms with E-state index in [1.54, 1.807) is 13.2 Å². The monoisotopic (exact) mass is 453 g/mol. The number of nitrogens with zero attached hydrogens (tertiary/aromatic N) is 1. The topological polar surface area (TPSA) is 91.3 Å². The second-order valence-electron chi connectivity index (χ2n) is 9.98. The summed E-state index contributed by atoms with van der Waals surface area (Å²) in [7, 11) is 1.63. The third-order valence-electron chi connectivity index (χ3n) is 6.84. The Balaban J connectivity index is 1.76. The summed E-state index contributed by atoms with van der Waals surface area (Å²) in [6.07, 6.45) is 8.49. The van der Waals surface area contributed by atoms with Crippen molar-refractivity contribution >= 4 is 22.7 Å². The zero-order valence-electron chi connectivity index (χ0n) is 20.2. The molecular weight excluding hydrogens is 414 g/mol. The van der Waals surface area contributed by atoms with Crippen LogP contribution in [0.5, 0.6) is 0 Å². The van der Waals surface area contributed by atoms with Crippen LogP contribution in [0.4, 0.5) is 0 Å². The van der Waals surface area contributed by atoms with Crippen molar-refractivity contribution in [2.24, 2.45) is 17.8 Å². The second-order valence-corrected chi connectivity index (χ2v) is 9.98. The number of carbonyl (C=O) groups is 2. The van der Waals surface area contributed by atoms with E-state index in [0.29, 0.717) is 30.2 Å². The summed E-state index contributed by atoms with van der Waals surface area (Å²) in [5.74, 6) is 0.266. The van der Waals surface area contributed by atoms with Crippen molar-refractivity contribution < 1.29 is 14.7 Å². The zero-order valence-corrected chi connectivity index (χ0v) is 20.2. The Morgan fingerprint density at radius 3 is 2.55 bits per heavy atom. The van der Waals surface area contributed by atoms with Crippen molar-refractivity contribution in [1.82, 2.24) is 15.6 Å². The van der Waals surface area contributed by atoms with E-state index in [1.165, 1.54) is 19.3 Å². The molecular formula is C27H39N3O3. The van der Waals surface area contributed by atoms with Gasteiger partial charge in [-0.15, -0.1) is 0 Å². The molecule has 1 heterocycles. The molecule has 0 spiro atoms. The van der Waals surface area contributed by atoms with Crippen molar-refractivity contribution in [1.29, 1.82) is 0 Å². The summed E-state index contributed by atoms with van der Waals surface area (Å²) in [4.78, 5) is 30.0. The number of rotatable bonds is 10. The standard InChI is InChI=1S/C27H39N3O3/c1-18(2)13-21(26(32)28-3)16-25(31)24(14-19-9-5-4-6-10-19)30-27(33)22-15-20-11-7-8-12-23(20)29-17-22/h7-8,11-12,15,17-19,21,24-25,31H,4-6,9-10,13-14,16H2,1-3H3,(H,28,32)(H,30,33)/t21-,24+,25+/m1/s1. The number of carbonyl (C=O) groups excluding carboxylic acids is 2. The highest BCUT2D eigenvalue weighted by atomic mass is 16.3. The number of hydrogen-bond donors (Lipinski definition) is 3. The minimum atomic E-state index is -0.787. The van der Waals surface area contributed by atoms with Gasteiger partial charge >= 0.3 is 0 Å². The van der Waals surface area contributed by atoms with Crippen LogP contribution < -0.4 is 10.6 Å². The predicted octanol–water partition coefficient (Wildman–Crippen LogP) is 4.46. The minimum absolute atomic E-state index is 0.0516. The van der Waals surface area contributed by atoms with Crippen molar-refractivity contribution in [2.75, 3.05) is 7.05 Å². The SMILES string of the molecule is CNC(=O)[C@H](CC(C)C)C[C@H](O)[C@H](CC1CCCCC1)NC(=O)c1cnc2ccccc2c1. The van der Waals surface area contributed by atoms with Crippen LogP contribution in [0.1, 0.15) is 75.6 Å². The fourth-order valence-corrected chi connectivity index (χ4v) is 5.08. The number of hydrogen-bond acceptors (Lipinski definition) is 4. The molecule has 1 saturated carbocycles. The highest BCUT2D eigenvalue weighted by Crippen LogP contribution is 2.29. The molecule has 0 radical (unpaired) electrons. The number of aliphatic hydroxyl groups excluding tert-OH is 1. The molecule has 2 aromatic rings. The van der Waals surface area contributed by atoms with Crippen LogP contribution in [-0.2, 0) is 4.79 Å². The molecule has 3 N–H and O–H groups in total. The molecule has 1 aliphatic rings. The lowest BCUT2D eigenvalue weighted by Gasteiger charge is -2.32. The van der Waals surface area contributed by atoms with Crippen molar-refractivity contribution in [3.05, 3.63) is 42.1 Å². The normalized spacial score (nSPS) is 17.5. The number of para-hydroxylation sites is 1. The number of pyridine rings is 1. The Hall–Kier alpha value is -2.47. The summed E-state index contributed by atoms with van der Waals surface area (Å²) in [5.41, 5.74) is 1.33. The van der Waals surface area contributed by atoms with Crippen LogP contribution in [0.3, 0.4) is 0 Å². The lowest BCUT2D eigenvalue weighted by molar-refractivity contribution is -0.126. The summed E-state index contributed by atoms with van der Waals surface area (Å²) in [6.45, 7) is 4.16. The van der Waals surface area contributed by atoms with E-state index in [2.05, 4.69) is 29.5 Å². The Kier molecular flexibility index (Phi) is 9.24. The Labute approximate surface area is 197 Å². The molecule has 33 heavy (non-hydrogen) atoms. The number of benzene rings is 1. The van der Waals surface area contributed by atoms with Gasteiger partial charge in [-0.25, -0.2) is 0 Å². The van der Waals surface area contributed by atoms with Gasteiger partial charge in [0.25, 0.3) is 5.91 Å². The van der Waals surface area contributed by atoms with Gasteiger partial charge in [0.2, 0.25) is 5.91 Å². The molecule has 3 rings (SSSR count). The van der Waals surface area contributed by atoms with E-state index in [1.807, 2.05) is 30.3 Å². The highest BCUT2D eigenvalue weighted by Gasteiger charge is 2.30. The summed E-state index contributed by atoms with van der Waals surface area (Å²) in [6, 6.07) is 9.15. The molecule has 0 saturated heterocycles. The van der Waals surface area contributed by atoms with Crippen LogP contribution >= 0.6 is 0 Å². The number of aromatic nitrogens is 1. The summed E-state index contributed by atoms with van der Waals surface area (Å²) < 4.78 is 0. The number of amides is 2. The van der Waals surface area contributed by atoms with Crippen LogP contribution in [0.15, 0.2) is 36.5 Å². The Morgan fingerprint density at radius 1 is 1.12 bits per heavy atom. The van der Waals surface area contributed by atoms with Gasteiger partial charge < -0.3 is 15.7 Å². The lowest BCUT2D eigenvalue weighted by Crippen LogP contribution is -2.46. The number of aliphatic hydroxyl groups is 1. The van der Waals surface area contributed by atoms with E-state index in [4.69, 9.17) is 0 Å². The molecule has 1 fully saturated rings. The average molecular weight is 454 g/mol. The van der Waals surface area contributed by atoms with Crippen molar-refractivity contribution in [2.45, 2.75) is 77.4 Å². The third-order valence-corrected chi connectivity index (χ3v) is 6.84. The van der Waals surface area contributed by atoms with Gasteiger partial charge in [-0.05, 0) is 43.2 Å². The Morgan fingerprint density at radius 2 is 1.85 bits per heavy atom. The maximum atomic E-state index is 13.2. The first-order valence-electron chi connectivity index (χ1n) is 12.4. The second kappa shape index (κ2) is 12.1. The molecule has 6 heteroatoms. The first-order valence-corrected chi connectivity index (χ1v) is 12.4. The molecule has 1 aliphatic carbocycles. The molecule has 6 nitrogen and oxygen atoms in total. The molecule has 1 aromatic carbocycles. The molecule has 2 amide bonds. The summed E-state index contributed by atoms with van der Waals surface area (Å²) in [5, 5.41) is 18.0. The van der Waals surface area contributed by atoms with Crippen molar-refractivity contribution in [3.8, 4) is 0 Å². The van der Waals surface area contributed by atoms with Crippen LogP contribution in [-0.4, -0.2) is 41.1 Å². The molecule has 3 atom stereocenters. The summed E-state index contributed by atoms with van der Waals surface area (Å²) >= 11 is 0. The van der Waals surface area contributed by atoms with Gasteiger partial charge in [0.05, 0.1) is 23.2 Å². The van der Waals surface area contributed by atoms with E-state index in [-0.39, 0.29) is 17.7 Å². The molecule has 0 unspecified atom stereocenters. The van der Waals surface area contributed by atoms with Gasteiger partial charge in [0, 0.05) is 24.5 Å². The van der Waals surface area contributed by atoms with Crippen LogP contribution in [0.2, 0.25) is 0 Å². The predicted molar refractivity (Wildman–Crippen MR) is 132 cm³/mol. The van der Waals surface area contributed by atoms with E-state index < -0.39 is 12.1 Å². The largest absolute Gasteiger partial charge is 0.391 e. The fraction of sp³-hybridized carbons (Fsp3) is 0.593. The molecule has 1 aromatic heterocycles. The van der Waals surface area contributed by atoms with Crippen LogP contribution in [0, 0.1) is 17.8 Å². The van der Waals surface area contributed by atoms with Gasteiger partial charge in [-0.1, -0.05) is 64.2 Å². The molecule has 180 valence electrons. The average Bonchev–Trinajstić information content (AvgIpc) is 2.82. The molecule has 0 aliphatic heterocycles. The molecule has 0 bridgehead atoms. The van der Waals surface area contributed by atoms with E-state index in [9.17, 15) is 14.7 Å². The van der Waals surface area contributed by atoms with E-state index >= 15 is 0 Å². The number of nitrogens with one attached hydrogen (secondary N) is 2. The fourth-order valence-electron chi connectivity index (χ4n) is 5.08. The first kappa shape index (κ1) is 25.2. The van der Waals surface area contributed by atoms with Crippen molar-refractivity contribution in [3.63, 3.8) is 0 Å². The quantitative estimate of drug-likeness (QED) is 0.495. The van der Waals surface area contributed by atoms with Gasteiger partial charge in [-0.2, -0.15) is 0 Å².